The lowest BCUT2D eigenvalue weighted by atomic mass is 9.80. The maximum absolute atomic E-state index is 6.49. The van der Waals surface area contributed by atoms with Crippen molar-refractivity contribution in [2.75, 3.05) is 0 Å². The summed E-state index contributed by atoms with van der Waals surface area (Å²) in [5.74, 6) is 0.684. The van der Waals surface area contributed by atoms with Gasteiger partial charge in [-0.15, -0.1) is 0 Å². The fraction of sp³-hybridized carbons (Fsp3) is 0.895. The van der Waals surface area contributed by atoms with Crippen molar-refractivity contribution in [1.82, 2.24) is 0 Å². The topological polar surface area (TPSA) is 9.23 Å². The Morgan fingerprint density at radius 2 is 1.70 bits per heavy atom. The van der Waals surface area contributed by atoms with Gasteiger partial charge in [0.25, 0.3) is 0 Å². The third-order valence-corrected chi connectivity index (χ3v) is 4.06. The van der Waals surface area contributed by atoms with E-state index in [1.807, 2.05) is 0 Å². The standard InChI is InChI=1S/C19H36O/c1-17(2)13-9-6-7-10-14-19(20-18(3,4)5)15-11-8-12-16-19/h9,13,17H,6-8,10-12,14-16H2,1-5H3/b13-9+. The second-order valence-electron chi connectivity index (χ2n) is 7.88. The van der Waals surface area contributed by atoms with Gasteiger partial charge in [-0.3, -0.25) is 0 Å². The van der Waals surface area contributed by atoms with E-state index in [-0.39, 0.29) is 11.2 Å². The molecule has 1 heteroatoms. The lowest BCUT2D eigenvalue weighted by molar-refractivity contribution is -0.153. The molecule has 1 nitrogen and oxygen atoms in total. The molecular formula is C19H36O. The summed E-state index contributed by atoms with van der Waals surface area (Å²) < 4.78 is 6.49. The first-order chi connectivity index (χ1) is 9.33. The molecule has 0 radical (unpaired) electrons. The average Bonchev–Trinajstić information content (AvgIpc) is 2.32. The molecule has 20 heavy (non-hydrogen) atoms. The van der Waals surface area contributed by atoms with E-state index in [1.54, 1.807) is 0 Å². The van der Waals surface area contributed by atoms with Gasteiger partial charge in [0.1, 0.15) is 0 Å². The molecule has 1 saturated carbocycles. The van der Waals surface area contributed by atoms with Crippen LogP contribution in [0.2, 0.25) is 0 Å². The van der Waals surface area contributed by atoms with E-state index in [0.717, 1.165) is 0 Å². The first-order valence-corrected chi connectivity index (χ1v) is 8.70. The Hall–Kier alpha value is -0.300. The van der Waals surface area contributed by atoms with Gasteiger partial charge < -0.3 is 4.74 Å². The Balaban J connectivity index is 2.37. The summed E-state index contributed by atoms with van der Waals surface area (Å²) >= 11 is 0. The van der Waals surface area contributed by atoms with Crippen molar-refractivity contribution in [3.63, 3.8) is 0 Å². The number of hydrogen-bond donors (Lipinski definition) is 0. The van der Waals surface area contributed by atoms with Gasteiger partial charge in [-0.1, -0.05) is 51.7 Å². The molecule has 1 aliphatic rings. The monoisotopic (exact) mass is 280 g/mol. The molecule has 0 atom stereocenters. The number of allylic oxidation sites excluding steroid dienone is 2. The van der Waals surface area contributed by atoms with Crippen LogP contribution in [0.25, 0.3) is 0 Å². The lowest BCUT2D eigenvalue weighted by Crippen LogP contribution is -2.41. The van der Waals surface area contributed by atoms with Crippen LogP contribution in [0, 0.1) is 5.92 Å². The van der Waals surface area contributed by atoms with Crippen LogP contribution in [0.4, 0.5) is 0 Å². The Bertz CT molecular complexity index is 277. The van der Waals surface area contributed by atoms with Crippen LogP contribution in [0.1, 0.15) is 92.4 Å². The van der Waals surface area contributed by atoms with E-state index >= 15 is 0 Å². The Kier molecular flexibility index (Phi) is 7.29. The van der Waals surface area contributed by atoms with Crippen molar-refractivity contribution in [2.24, 2.45) is 5.92 Å². The smallest absolute Gasteiger partial charge is 0.0689 e. The minimum absolute atomic E-state index is 0.00507. The Labute approximate surface area is 127 Å². The SMILES string of the molecule is CC(C)/C=C/CCCCC1(OC(C)(C)C)CCCCC1. The van der Waals surface area contributed by atoms with Gasteiger partial charge in [-0.05, 0) is 58.8 Å². The highest BCUT2D eigenvalue weighted by atomic mass is 16.5. The molecule has 0 heterocycles. The zero-order valence-electron chi connectivity index (χ0n) is 14.5. The molecule has 1 fully saturated rings. The molecular weight excluding hydrogens is 244 g/mol. The van der Waals surface area contributed by atoms with Crippen LogP contribution < -0.4 is 0 Å². The average molecular weight is 280 g/mol. The van der Waals surface area contributed by atoms with Crippen LogP contribution >= 0.6 is 0 Å². The lowest BCUT2D eigenvalue weighted by Gasteiger charge is -2.42. The van der Waals surface area contributed by atoms with Crippen molar-refractivity contribution in [2.45, 2.75) is 104 Å². The molecule has 0 aromatic rings. The summed E-state index contributed by atoms with van der Waals surface area (Å²) in [6.45, 7) is 11.1. The summed E-state index contributed by atoms with van der Waals surface area (Å²) in [7, 11) is 0. The second kappa shape index (κ2) is 8.22. The van der Waals surface area contributed by atoms with Gasteiger partial charge in [-0.2, -0.15) is 0 Å². The van der Waals surface area contributed by atoms with Crippen molar-refractivity contribution >= 4 is 0 Å². The van der Waals surface area contributed by atoms with E-state index in [0.29, 0.717) is 5.92 Å². The van der Waals surface area contributed by atoms with Crippen LogP contribution in [-0.2, 0) is 4.74 Å². The van der Waals surface area contributed by atoms with Gasteiger partial charge >= 0.3 is 0 Å². The molecule has 0 aliphatic heterocycles. The minimum Gasteiger partial charge on any atom is -0.369 e. The van der Waals surface area contributed by atoms with Gasteiger partial charge in [-0.25, -0.2) is 0 Å². The number of hydrogen-bond acceptors (Lipinski definition) is 1. The largest absolute Gasteiger partial charge is 0.369 e. The number of unbranched alkanes of at least 4 members (excludes halogenated alkanes) is 2. The minimum atomic E-state index is -0.00507. The molecule has 0 bridgehead atoms. The molecule has 0 aromatic heterocycles. The van der Waals surface area contributed by atoms with Crippen molar-refractivity contribution < 1.29 is 4.74 Å². The fourth-order valence-corrected chi connectivity index (χ4v) is 3.33. The highest BCUT2D eigenvalue weighted by molar-refractivity contribution is 4.88. The third-order valence-electron chi connectivity index (χ3n) is 4.06. The van der Waals surface area contributed by atoms with Gasteiger partial charge in [0.05, 0.1) is 11.2 Å². The van der Waals surface area contributed by atoms with E-state index in [2.05, 4.69) is 46.8 Å². The van der Waals surface area contributed by atoms with E-state index in [9.17, 15) is 0 Å². The molecule has 0 saturated heterocycles. The molecule has 0 N–H and O–H groups in total. The first-order valence-electron chi connectivity index (χ1n) is 8.70. The van der Waals surface area contributed by atoms with Crippen molar-refractivity contribution in [3.05, 3.63) is 12.2 Å². The number of rotatable bonds is 7. The van der Waals surface area contributed by atoms with Crippen LogP contribution in [0.15, 0.2) is 12.2 Å². The van der Waals surface area contributed by atoms with Crippen LogP contribution in [0.3, 0.4) is 0 Å². The zero-order valence-corrected chi connectivity index (χ0v) is 14.5. The van der Waals surface area contributed by atoms with E-state index in [1.165, 1.54) is 57.8 Å². The van der Waals surface area contributed by atoms with Crippen molar-refractivity contribution in [3.8, 4) is 0 Å². The van der Waals surface area contributed by atoms with Crippen molar-refractivity contribution in [1.29, 1.82) is 0 Å². The molecule has 0 aromatic carbocycles. The maximum atomic E-state index is 6.49. The highest BCUT2D eigenvalue weighted by Crippen LogP contribution is 2.38. The van der Waals surface area contributed by atoms with E-state index in [4.69, 9.17) is 4.74 Å². The summed E-state index contributed by atoms with van der Waals surface area (Å²) in [4.78, 5) is 0. The second-order valence-corrected chi connectivity index (χ2v) is 7.88. The van der Waals surface area contributed by atoms with Crippen LogP contribution in [0.5, 0.6) is 0 Å². The summed E-state index contributed by atoms with van der Waals surface area (Å²) in [5, 5.41) is 0. The quantitative estimate of drug-likeness (QED) is 0.394. The third kappa shape index (κ3) is 7.47. The molecule has 1 rings (SSSR count). The van der Waals surface area contributed by atoms with E-state index < -0.39 is 0 Å². The molecule has 1 aliphatic carbocycles. The summed E-state index contributed by atoms with van der Waals surface area (Å²) in [6.07, 6.45) is 16.4. The Morgan fingerprint density at radius 1 is 1.05 bits per heavy atom. The predicted molar refractivity (Wildman–Crippen MR) is 89.1 cm³/mol. The molecule has 118 valence electrons. The zero-order chi connectivity index (χ0) is 15.1. The highest BCUT2D eigenvalue weighted by Gasteiger charge is 2.35. The molecule has 0 unspecified atom stereocenters. The first kappa shape index (κ1) is 17.8. The van der Waals surface area contributed by atoms with Gasteiger partial charge in [0.2, 0.25) is 0 Å². The molecule has 0 spiro atoms. The predicted octanol–water partition coefficient (Wildman–Crippen LogP) is 6.28. The van der Waals surface area contributed by atoms with Crippen LogP contribution in [-0.4, -0.2) is 11.2 Å². The summed E-state index contributed by atoms with van der Waals surface area (Å²) in [5.41, 5.74) is 0.174. The summed E-state index contributed by atoms with van der Waals surface area (Å²) in [6, 6.07) is 0. The normalized spacial score (nSPS) is 19.9. The number of ether oxygens (including phenoxy) is 1. The Morgan fingerprint density at radius 3 is 2.25 bits per heavy atom. The molecule has 0 amide bonds. The maximum Gasteiger partial charge on any atom is 0.0689 e. The fourth-order valence-electron chi connectivity index (χ4n) is 3.33. The van der Waals surface area contributed by atoms with Gasteiger partial charge in [0.15, 0.2) is 0 Å². The van der Waals surface area contributed by atoms with Gasteiger partial charge in [0, 0.05) is 0 Å².